The Morgan fingerprint density at radius 1 is 1.28 bits per heavy atom. The van der Waals surface area contributed by atoms with Crippen molar-refractivity contribution in [2.75, 3.05) is 0 Å². The van der Waals surface area contributed by atoms with Crippen molar-refractivity contribution in [3.05, 3.63) is 28.8 Å². The zero-order valence-corrected chi connectivity index (χ0v) is 9.44. The van der Waals surface area contributed by atoms with Crippen molar-refractivity contribution in [3.8, 4) is 5.75 Å². The summed E-state index contributed by atoms with van der Waals surface area (Å²) >= 11 is 0. The highest BCUT2D eigenvalue weighted by Crippen LogP contribution is 2.36. The SMILES string of the molecule is CC(=O)c1c(C(F)(F)F)ccc(OC(F)F)c1C. The summed E-state index contributed by atoms with van der Waals surface area (Å²) in [6.07, 6.45) is -4.73. The summed E-state index contributed by atoms with van der Waals surface area (Å²) < 4.78 is 66.1. The van der Waals surface area contributed by atoms with Crippen molar-refractivity contribution < 1.29 is 31.5 Å². The molecule has 0 bridgehead atoms. The van der Waals surface area contributed by atoms with Gasteiger partial charge in [0.2, 0.25) is 0 Å². The lowest BCUT2D eigenvalue weighted by Gasteiger charge is -2.16. The molecule has 0 radical (unpaired) electrons. The van der Waals surface area contributed by atoms with E-state index in [1.165, 1.54) is 0 Å². The molecule has 0 heterocycles. The maximum Gasteiger partial charge on any atom is 0.417 e. The van der Waals surface area contributed by atoms with E-state index in [9.17, 15) is 26.7 Å². The van der Waals surface area contributed by atoms with Gasteiger partial charge >= 0.3 is 12.8 Å². The Balaban J connectivity index is 3.43. The summed E-state index contributed by atoms with van der Waals surface area (Å²) in [4.78, 5) is 11.2. The summed E-state index contributed by atoms with van der Waals surface area (Å²) in [5.74, 6) is -1.30. The fourth-order valence-electron chi connectivity index (χ4n) is 1.61. The quantitative estimate of drug-likeness (QED) is 0.615. The zero-order valence-electron chi connectivity index (χ0n) is 9.44. The molecule has 100 valence electrons. The lowest BCUT2D eigenvalue weighted by molar-refractivity contribution is -0.138. The molecule has 0 aliphatic carbocycles. The predicted octanol–water partition coefficient (Wildman–Crippen LogP) is 3.82. The van der Waals surface area contributed by atoms with Crippen LogP contribution in [-0.2, 0) is 6.18 Å². The van der Waals surface area contributed by atoms with Gasteiger partial charge in [-0.05, 0) is 26.0 Å². The summed E-state index contributed by atoms with van der Waals surface area (Å²) in [5.41, 5.74) is -2.06. The van der Waals surface area contributed by atoms with Gasteiger partial charge in [-0.3, -0.25) is 4.79 Å². The van der Waals surface area contributed by atoms with Gasteiger partial charge in [-0.25, -0.2) is 0 Å². The second-order valence-electron chi connectivity index (χ2n) is 3.54. The lowest BCUT2D eigenvalue weighted by atomic mass is 9.97. The second kappa shape index (κ2) is 4.91. The molecular formula is C11H9F5O2. The molecule has 0 amide bonds. The summed E-state index contributed by atoms with van der Waals surface area (Å²) in [5, 5.41) is 0. The van der Waals surface area contributed by atoms with Crippen LogP contribution in [0.2, 0.25) is 0 Å². The molecule has 0 N–H and O–H groups in total. The largest absolute Gasteiger partial charge is 0.435 e. The number of alkyl halides is 5. The highest BCUT2D eigenvalue weighted by molar-refractivity contribution is 5.97. The molecule has 0 saturated heterocycles. The number of rotatable bonds is 3. The molecule has 0 saturated carbocycles. The predicted molar refractivity (Wildman–Crippen MR) is 52.8 cm³/mol. The fraction of sp³-hybridized carbons (Fsp3) is 0.364. The number of halogens is 5. The van der Waals surface area contributed by atoms with Crippen LogP contribution < -0.4 is 4.74 Å². The Kier molecular flexibility index (Phi) is 3.93. The highest BCUT2D eigenvalue weighted by atomic mass is 19.4. The van der Waals surface area contributed by atoms with Gasteiger partial charge in [-0.1, -0.05) is 0 Å². The van der Waals surface area contributed by atoms with E-state index in [0.29, 0.717) is 6.07 Å². The van der Waals surface area contributed by atoms with Gasteiger partial charge in [0, 0.05) is 11.1 Å². The molecule has 7 heteroatoms. The van der Waals surface area contributed by atoms with Crippen LogP contribution in [0.3, 0.4) is 0 Å². The molecule has 2 nitrogen and oxygen atoms in total. The number of Topliss-reactive ketones (excluding diaryl/α,β-unsaturated/α-hetero) is 1. The Morgan fingerprint density at radius 3 is 2.22 bits per heavy atom. The maximum absolute atomic E-state index is 12.6. The topological polar surface area (TPSA) is 26.3 Å². The molecule has 1 rings (SSSR count). The minimum absolute atomic E-state index is 0.252. The van der Waals surface area contributed by atoms with Gasteiger partial charge in [-0.15, -0.1) is 0 Å². The molecule has 0 unspecified atom stereocenters. The van der Waals surface area contributed by atoms with E-state index >= 15 is 0 Å². The van der Waals surface area contributed by atoms with Crippen LogP contribution in [0.4, 0.5) is 22.0 Å². The molecule has 0 aliphatic rings. The van der Waals surface area contributed by atoms with E-state index in [1.807, 2.05) is 0 Å². The van der Waals surface area contributed by atoms with Crippen LogP contribution in [0, 0.1) is 6.92 Å². The van der Waals surface area contributed by atoms with E-state index < -0.39 is 35.4 Å². The number of ketones is 1. The summed E-state index contributed by atoms with van der Waals surface area (Å²) in [7, 11) is 0. The number of carbonyl (C=O) groups excluding carboxylic acids is 1. The Labute approximate surface area is 99.4 Å². The summed E-state index contributed by atoms with van der Waals surface area (Å²) in [6, 6.07) is 1.33. The molecule has 0 aliphatic heterocycles. The molecular weight excluding hydrogens is 259 g/mol. The van der Waals surface area contributed by atoms with Crippen molar-refractivity contribution >= 4 is 5.78 Å². The second-order valence-corrected chi connectivity index (χ2v) is 3.54. The van der Waals surface area contributed by atoms with E-state index in [2.05, 4.69) is 4.74 Å². The Morgan fingerprint density at radius 2 is 1.83 bits per heavy atom. The Bertz CT molecular complexity index is 465. The third-order valence-electron chi connectivity index (χ3n) is 2.29. The van der Waals surface area contributed by atoms with Crippen molar-refractivity contribution in [1.82, 2.24) is 0 Å². The maximum atomic E-state index is 12.6. The minimum atomic E-state index is -4.73. The first kappa shape index (κ1) is 14.4. The van der Waals surface area contributed by atoms with Gasteiger partial charge in [-0.2, -0.15) is 22.0 Å². The van der Waals surface area contributed by atoms with E-state index in [-0.39, 0.29) is 5.56 Å². The molecule has 18 heavy (non-hydrogen) atoms. The van der Waals surface area contributed by atoms with Crippen molar-refractivity contribution in [2.45, 2.75) is 26.6 Å². The smallest absolute Gasteiger partial charge is 0.417 e. The fourth-order valence-corrected chi connectivity index (χ4v) is 1.61. The number of ether oxygens (including phenoxy) is 1. The number of hydrogen-bond acceptors (Lipinski definition) is 2. The average Bonchev–Trinajstić information content (AvgIpc) is 2.17. The highest BCUT2D eigenvalue weighted by Gasteiger charge is 2.36. The van der Waals surface area contributed by atoms with Crippen LogP contribution in [0.25, 0.3) is 0 Å². The van der Waals surface area contributed by atoms with E-state index in [0.717, 1.165) is 19.9 Å². The normalized spacial score (nSPS) is 11.8. The zero-order chi connectivity index (χ0) is 14.1. The lowest BCUT2D eigenvalue weighted by Crippen LogP contribution is -2.15. The Hall–Kier alpha value is -1.66. The van der Waals surface area contributed by atoms with Gasteiger partial charge < -0.3 is 4.74 Å². The molecule has 0 spiro atoms. The molecule has 0 fully saturated rings. The molecule has 0 atom stereocenters. The van der Waals surface area contributed by atoms with Crippen LogP contribution in [0.1, 0.15) is 28.4 Å². The number of hydrogen-bond donors (Lipinski definition) is 0. The molecule has 1 aromatic carbocycles. The molecule has 1 aromatic rings. The first-order valence-electron chi connectivity index (χ1n) is 4.81. The van der Waals surface area contributed by atoms with Crippen LogP contribution in [-0.4, -0.2) is 12.4 Å². The van der Waals surface area contributed by atoms with Gasteiger partial charge in [0.15, 0.2) is 5.78 Å². The van der Waals surface area contributed by atoms with Crippen LogP contribution in [0.15, 0.2) is 12.1 Å². The first-order valence-corrected chi connectivity index (χ1v) is 4.81. The van der Waals surface area contributed by atoms with Gasteiger partial charge in [0.25, 0.3) is 0 Å². The summed E-state index contributed by atoms with van der Waals surface area (Å²) in [6.45, 7) is -1.10. The van der Waals surface area contributed by atoms with Crippen LogP contribution in [0.5, 0.6) is 5.75 Å². The van der Waals surface area contributed by atoms with Crippen molar-refractivity contribution in [2.24, 2.45) is 0 Å². The third kappa shape index (κ3) is 2.96. The number of benzene rings is 1. The monoisotopic (exact) mass is 268 g/mol. The first-order chi connectivity index (χ1) is 8.14. The number of carbonyl (C=O) groups is 1. The minimum Gasteiger partial charge on any atom is -0.435 e. The third-order valence-corrected chi connectivity index (χ3v) is 2.29. The van der Waals surface area contributed by atoms with E-state index in [1.54, 1.807) is 0 Å². The van der Waals surface area contributed by atoms with Crippen molar-refractivity contribution in [3.63, 3.8) is 0 Å². The standard InChI is InChI=1S/C11H9F5O2/c1-5-8(18-10(12)13)4-3-7(11(14,15)16)9(5)6(2)17/h3-4,10H,1-2H3. The van der Waals surface area contributed by atoms with E-state index in [4.69, 9.17) is 0 Å². The van der Waals surface area contributed by atoms with Crippen LogP contribution >= 0.6 is 0 Å². The molecule has 0 aromatic heterocycles. The van der Waals surface area contributed by atoms with Crippen molar-refractivity contribution in [1.29, 1.82) is 0 Å². The van der Waals surface area contributed by atoms with Gasteiger partial charge in [0.05, 0.1) is 5.56 Å². The average molecular weight is 268 g/mol. The van der Waals surface area contributed by atoms with Gasteiger partial charge in [0.1, 0.15) is 5.75 Å².